The molecular weight excluding hydrogens is 330 g/mol. The first-order valence-electron chi connectivity index (χ1n) is 5.54. The fourth-order valence-electron chi connectivity index (χ4n) is 1.64. The number of hydrogen-bond donors (Lipinski definition) is 2. The van der Waals surface area contributed by atoms with Crippen molar-refractivity contribution in [3.63, 3.8) is 0 Å². The standard InChI is InChI=1S/C14H11BrClNO2/c1-8-10(3-2-4-11(8)15)14(19)17-9-5-6-12(16)13(18)7-9/h2-7,18H,1H3,(H,17,19). The Labute approximate surface area is 124 Å². The highest BCUT2D eigenvalue weighted by Crippen LogP contribution is 2.27. The van der Waals surface area contributed by atoms with E-state index in [1.807, 2.05) is 13.0 Å². The van der Waals surface area contributed by atoms with E-state index in [0.717, 1.165) is 10.0 Å². The van der Waals surface area contributed by atoms with Crippen LogP contribution in [-0.4, -0.2) is 11.0 Å². The predicted molar refractivity (Wildman–Crippen MR) is 79.9 cm³/mol. The molecule has 2 rings (SSSR count). The van der Waals surface area contributed by atoms with Crippen LogP contribution in [0.3, 0.4) is 0 Å². The smallest absolute Gasteiger partial charge is 0.255 e. The van der Waals surface area contributed by atoms with Crippen molar-refractivity contribution >= 4 is 39.1 Å². The van der Waals surface area contributed by atoms with E-state index in [-0.39, 0.29) is 16.7 Å². The zero-order chi connectivity index (χ0) is 14.0. The molecule has 0 aliphatic rings. The van der Waals surface area contributed by atoms with Gasteiger partial charge in [0, 0.05) is 21.8 Å². The summed E-state index contributed by atoms with van der Waals surface area (Å²) in [6.07, 6.45) is 0. The Morgan fingerprint density at radius 3 is 2.74 bits per heavy atom. The Morgan fingerprint density at radius 1 is 1.32 bits per heavy atom. The molecule has 0 fully saturated rings. The SMILES string of the molecule is Cc1c(Br)cccc1C(=O)Nc1ccc(Cl)c(O)c1. The van der Waals surface area contributed by atoms with E-state index in [2.05, 4.69) is 21.2 Å². The largest absolute Gasteiger partial charge is 0.506 e. The maximum atomic E-state index is 12.1. The van der Waals surface area contributed by atoms with Crippen LogP contribution >= 0.6 is 27.5 Å². The van der Waals surface area contributed by atoms with Gasteiger partial charge in [-0.25, -0.2) is 0 Å². The van der Waals surface area contributed by atoms with Crippen LogP contribution in [0.15, 0.2) is 40.9 Å². The molecule has 0 bridgehead atoms. The van der Waals surface area contributed by atoms with Gasteiger partial charge in [0.1, 0.15) is 5.75 Å². The van der Waals surface area contributed by atoms with E-state index in [1.54, 1.807) is 18.2 Å². The van der Waals surface area contributed by atoms with Crippen LogP contribution in [0, 0.1) is 6.92 Å². The van der Waals surface area contributed by atoms with Gasteiger partial charge in [-0.15, -0.1) is 0 Å². The van der Waals surface area contributed by atoms with E-state index >= 15 is 0 Å². The topological polar surface area (TPSA) is 49.3 Å². The predicted octanol–water partition coefficient (Wildman–Crippen LogP) is 4.37. The number of nitrogens with one attached hydrogen (secondary N) is 1. The van der Waals surface area contributed by atoms with E-state index in [4.69, 9.17) is 11.6 Å². The third-order valence-electron chi connectivity index (χ3n) is 2.72. The number of halogens is 2. The maximum absolute atomic E-state index is 12.1. The van der Waals surface area contributed by atoms with Gasteiger partial charge in [0.15, 0.2) is 0 Å². The van der Waals surface area contributed by atoms with Gasteiger partial charge in [-0.05, 0) is 36.8 Å². The molecule has 2 aromatic carbocycles. The zero-order valence-corrected chi connectivity index (χ0v) is 12.4. The lowest BCUT2D eigenvalue weighted by molar-refractivity contribution is 0.102. The van der Waals surface area contributed by atoms with Crippen molar-refractivity contribution in [1.29, 1.82) is 0 Å². The van der Waals surface area contributed by atoms with Gasteiger partial charge in [0.2, 0.25) is 0 Å². The summed E-state index contributed by atoms with van der Waals surface area (Å²) in [5, 5.41) is 12.5. The summed E-state index contributed by atoms with van der Waals surface area (Å²) < 4.78 is 0.874. The Bertz CT molecular complexity index is 643. The van der Waals surface area contributed by atoms with Crippen LogP contribution in [0.1, 0.15) is 15.9 Å². The molecule has 0 saturated carbocycles. The lowest BCUT2D eigenvalue weighted by Crippen LogP contribution is -2.13. The number of anilines is 1. The van der Waals surface area contributed by atoms with E-state index < -0.39 is 0 Å². The van der Waals surface area contributed by atoms with Crippen molar-refractivity contribution in [3.05, 3.63) is 57.0 Å². The van der Waals surface area contributed by atoms with Gasteiger partial charge >= 0.3 is 0 Å². The van der Waals surface area contributed by atoms with Crippen molar-refractivity contribution in [1.82, 2.24) is 0 Å². The van der Waals surface area contributed by atoms with Crippen LogP contribution in [-0.2, 0) is 0 Å². The van der Waals surface area contributed by atoms with Gasteiger partial charge in [-0.2, -0.15) is 0 Å². The van der Waals surface area contributed by atoms with Crippen LogP contribution in [0.4, 0.5) is 5.69 Å². The second-order valence-electron chi connectivity index (χ2n) is 4.03. The Hall–Kier alpha value is -1.52. The summed E-state index contributed by atoms with van der Waals surface area (Å²) in [6, 6.07) is 9.98. The monoisotopic (exact) mass is 339 g/mol. The molecule has 2 N–H and O–H groups in total. The van der Waals surface area contributed by atoms with Crippen molar-refractivity contribution < 1.29 is 9.90 Å². The number of benzene rings is 2. The van der Waals surface area contributed by atoms with Crippen LogP contribution in [0.2, 0.25) is 5.02 Å². The number of phenolic OH excluding ortho intramolecular Hbond substituents is 1. The molecule has 98 valence electrons. The minimum atomic E-state index is -0.236. The molecule has 0 atom stereocenters. The molecule has 0 aromatic heterocycles. The second kappa shape index (κ2) is 5.63. The summed E-state index contributed by atoms with van der Waals surface area (Å²) in [6.45, 7) is 1.86. The summed E-state index contributed by atoms with van der Waals surface area (Å²) in [5.41, 5.74) is 1.92. The lowest BCUT2D eigenvalue weighted by Gasteiger charge is -2.09. The number of rotatable bonds is 2. The van der Waals surface area contributed by atoms with Gasteiger partial charge in [0.25, 0.3) is 5.91 Å². The molecule has 3 nitrogen and oxygen atoms in total. The quantitative estimate of drug-likeness (QED) is 0.853. The number of carbonyl (C=O) groups is 1. The van der Waals surface area contributed by atoms with Gasteiger partial charge in [-0.1, -0.05) is 33.6 Å². The number of hydrogen-bond acceptors (Lipinski definition) is 2. The minimum absolute atomic E-state index is 0.0644. The molecule has 0 unspecified atom stereocenters. The lowest BCUT2D eigenvalue weighted by atomic mass is 10.1. The minimum Gasteiger partial charge on any atom is -0.506 e. The van der Waals surface area contributed by atoms with Gasteiger partial charge in [0.05, 0.1) is 5.02 Å². The number of amides is 1. The average Bonchev–Trinajstić information content (AvgIpc) is 2.37. The van der Waals surface area contributed by atoms with Crippen molar-refractivity contribution in [2.45, 2.75) is 6.92 Å². The van der Waals surface area contributed by atoms with E-state index in [1.165, 1.54) is 12.1 Å². The fraction of sp³-hybridized carbons (Fsp3) is 0.0714. The molecule has 0 heterocycles. The van der Waals surface area contributed by atoms with E-state index in [0.29, 0.717) is 11.3 Å². The molecular formula is C14H11BrClNO2. The van der Waals surface area contributed by atoms with Gasteiger partial charge in [-0.3, -0.25) is 4.79 Å². The Balaban J connectivity index is 2.26. The molecule has 0 saturated heterocycles. The van der Waals surface area contributed by atoms with Gasteiger partial charge < -0.3 is 10.4 Å². The third-order valence-corrected chi connectivity index (χ3v) is 3.90. The van der Waals surface area contributed by atoms with Crippen molar-refractivity contribution in [3.8, 4) is 5.75 Å². The first-order chi connectivity index (χ1) is 8.99. The molecule has 0 aliphatic carbocycles. The number of aromatic hydroxyl groups is 1. The highest BCUT2D eigenvalue weighted by Gasteiger charge is 2.11. The molecule has 19 heavy (non-hydrogen) atoms. The molecule has 0 radical (unpaired) electrons. The molecule has 0 aliphatic heterocycles. The number of carbonyl (C=O) groups excluding carboxylic acids is 1. The maximum Gasteiger partial charge on any atom is 0.255 e. The highest BCUT2D eigenvalue weighted by atomic mass is 79.9. The second-order valence-corrected chi connectivity index (χ2v) is 5.29. The molecule has 0 spiro atoms. The van der Waals surface area contributed by atoms with E-state index in [9.17, 15) is 9.90 Å². The van der Waals surface area contributed by atoms with Crippen LogP contribution in [0.25, 0.3) is 0 Å². The molecule has 1 amide bonds. The first kappa shape index (κ1) is 13.9. The fourth-order valence-corrected chi connectivity index (χ4v) is 2.13. The zero-order valence-electron chi connectivity index (χ0n) is 10.1. The van der Waals surface area contributed by atoms with Crippen molar-refractivity contribution in [2.75, 3.05) is 5.32 Å². The third kappa shape index (κ3) is 3.08. The summed E-state index contributed by atoms with van der Waals surface area (Å²) in [5.74, 6) is -0.300. The first-order valence-corrected chi connectivity index (χ1v) is 6.71. The summed E-state index contributed by atoms with van der Waals surface area (Å²) in [4.78, 5) is 12.1. The summed E-state index contributed by atoms with van der Waals surface area (Å²) in [7, 11) is 0. The molecule has 2 aromatic rings. The number of phenols is 1. The molecule has 5 heteroatoms. The summed E-state index contributed by atoms with van der Waals surface area (Å²) >= 11 is 9.09. The average molecular weight is 341 g/mol. The van der Waals surface area contributed by atoms with Crippen LogP contribution in [0.5, 0.6) is 5.75 Å². The van der Waals surface area contributed by atoms with Crippen LogP contribution < -0.4 is 5.32 Å². The highest BCUT2D eigenvalue weighted by molar-refractivity contribution is 9.10. The normalized spacial score (nSPS) is 10.3. The Kier molecular flexibility index (Phi) is 4.12. The van der Waals surface area contributed by atoms with Crippen molar-refractivity contribution in [2.24, 2.45) is 0 Å². The Morgan fingerprint density at radius 2 is 2.05 bits per heavy atom.